The van der Waals surface area contributed by atoms with Crippen LogP contribution in [0.2, 0.25) is 0 Å². The molecule has 1 rings (SSSR count). The summed E-state index contributed by atoms with van der Waals surface area (Å²) in [4.78, 5) is 25.9. The van der Waals surface area contributed by atoms with Gasteiger partial charge < -0.3 is 10.4 Å². The van der Waals surface area contributed by atoms with Crippen LogP contribution in [0.15, 0.2) is 18.3 Å². The number of hydrogen-bond donors (Lipinski definition) is 2. The molecule has 0 radical (unpaired) electrons. The van der Waals surface area contributed by atoms with Gasteiger partial charge in [0.05, 0.1) is 17.6 Å². The zero-order valence-corrected chi connectivity index (χ0v) is 11.4. The van der Waals surface area contributed by atoms with E-state index in [0.29, 0.717) is 11.4 Å². The summed E-state index contributed by atoms with van der Waals surface area (Å²) in [6, 6.07) is 2.88. The highest BCUT2D eigenvalue weighted by Gasteiger charge is 2.13. The van der Waals surface area contributed by atoms with Crippen LogP contribution in [-0.4, -0.2) is 32.5 Å². The van der Waals surface area contributed by atoms with Gasteiger partial charge in [-0.2, -0.15) is 0 Å². The van der Waals surface area contributed by atoms with Crippen molar-refractivity contribution < 1.29 is 14.7 Å². The molecule has 5 nitrogen and oxygen atoms in total. The number of carboxylic acid groups (broad SMARTS) is 1. The topological polar surface area (TPSA) is 79.3 Å². The maximum Gasteiger partial charge on any atom is 0.354 e. The number of pyridine rings is 1. The number of nitrogens with zero attached hydrogens (tertiary/aromatic N) is 1. The Morgan fingerprint density at radius 2 is 2.06 bits per heavy atom. The first-order chi connectivity index (χ1) is 8.28. The lowest BCUT2D eigenvalue weighted by Gasteiger charge is -2.16. The van der Waals surface area contributed by atoms with Gasteiger partial charge in [-0.1, -0.05) is 20.8 Å². The minimum absolute atomic E-state index is 0.0305. The van der Waals surface area contributed by atoms with Crippen molar-refractivity contribution in [2.45, 2.75) is 25.5 Å². The minimum atomic E-state index is -1.09. The number of carboxylic acids is 1. The fourth-order valence-electron chi connectivity index (χ4n) is 1.07. The second-order valence-corrected chi connectivity index (χ2v) is 6.49. The lowest BCUT2D eigenvalue weighted by atomic mass is 10.3. The molecule has 0 aliphatic carbocycles. The number of carbonyl (C=O) groups excluding carboxylic acids is 1. The molecule has 1 amide bonds. The molecule has 0 fully saturated rings. The van der Waals surface area contributed by atoms with E-state index in [-0.39, 0.29) is 16.3 Å². The summed E-state index contributed by atoms with van der Waals surface area (Å²) < 4.78 is 0.0305. The standard InChI is InChI=1S/C12H16N2O3S/c1-12(2,3)18-7-10(15)14-8-4-5-9(11(16)17)13-6-8/h4-6H,7H2,1-3H3,(H,14,15)(H,16,17). The Morgan fingerprint density at radius 3 is 2.50 bits per heavy atom. The van der Waals surface area contributed by atoms with E-state index < -0.39 is 5.97 Å². The molecule has 0 aliphatic rings. The van der Waals surface area contributed by atoms with Crippen LogP contribution < -0.4 is 5.32 Å². The van der Waals surface area contributed by atoms with Gasteiger partial charge in [0.15, 0.2) is 0 Å². The molecule has 98 valence electrons. The van der Waals surface area contributed by atoms with E-state index in [2.05, 4.69) is 10.3 Å². The van der Waals surface area contributed by atoms with Crippen LogP contribution >= 0.6 is 11.8 Å². The van der Waals surface area contributed by atoms with Crippen molar-refractivity contribution in [2.24, 2.45) is 0 Å². The van der Waals surface area contributed by atoms with Crippen LogP contribution in [0.4, 0.5) is 5.69 Å². The van der Waals surface area contributed by atoms with Gasteiger partial charge in [0.1, 0.15) is 5.69 Å². The minimum Gasteiger partial charge on any atom is -0.477 e. The summed E-state index contributed by atoms with van der Waals surface area (Å²) in [5.41, 5.74) is 0.455. The molecular formula is C12H16N2O3S. The molecule has 0 unspecified atom stereocenters. The fourth-order valence-corrected chi connectivity index (χ4v) is 1.71. The highest BCUT2D eigenvalue weighted by Crippen LogP contribution is 2.22. The maximum atomic E-state index is 11.6. The average molecular weight is 268 g/mol. The predicted octanol–water partition coefficient (Wildman–Crippen LogP) is 2.25. The predicted molar refractivity (Wildman–Crippen MR) is 72.0 cm³/mol. The molecule has 0 saturated carbocycles. The van der Waals surface area contributed by atoms with Gasteiger partial charge in [-0.25, -0.2) is 9.78 Å². The molecule has 2 N–H and O–H groups in total. The number of anilines is 1. The SMILES string of the molecule is CC(C)(C)SCC(=O)Nc1ccc(C(=O)O)nc1. The van der Waals surface area contributed by atoms with Crippen molar-refractivity contribution in [2.75, 3.05) is 11.1 Å². The van der Waals surface area contributed by atoms with Gasteiger partial charge in [-0.15, -0.1) is 11.8 Å². The van der Waals surface area contributed by atoms with Crippen LogP contribution in [0.1, 0.15) is 31.3 Å². The van der Waals surface area contributed by atoms with E-state index >= 15 is 0 Å². The average Bonchev–Trinajstić information content (AvgIpc) is 2.26. The third-order valence-electron chi connectivity index (χ3n) is 1.90. The van der Waals surface area contributed by atoms with Crippen LogP contribution in [-0.2, 0) is 4.79 Å². The summed E-state index contributed by atoms with van der Waals surface area (Å²) in [5.74, 6) is -0.861. The Morgan fingerprint density at radius 1 is 1.39 bits per heavy atom. The number of hydrogen-bond acceptors (Lipinski definition) is 4. The Bertz CT molecular complexity index is 438. The number of carbonyl (C=O) groups is 2. The number of aromatic carboxylic acids is 1. The van der Waals surface area contributed by atoms with Crippen LogP contribution in [0.25, 0.3) is 0 Å². The summed E-state index contributed by atoms with van der Waals surface area (Å²) in [7, 11) is 0. The van der Waals surface area contributed by atoms with Gasteiger partial charge in [-0.3, -0.25) is 4.79 Å². The summed E-state index contributed by atoms with van der Waals surface area (Å²) in [6.07, 6.45) is 1.34. The van der Waals surface area contributed by atoms with E-state index in [0.717, 1.165) is 0 Å². The van der Waals surface area contributed by atoms with Crippen molar-refractivity contribution in [3.05, 3.63) is 24.0 Å². The van der Waals surface area contributed by atoms with Gasteiger partial charge in [-0.05, 0) is 12.1 Å². The van der Waals surface area contributed by atoms with Crippen molar-refractivity contribution >= 4 is 29.3 Å². The normalized spacial score (nSPS) is 11.1. The molecule has 1 aromatic heterocycles. The molecule has 1 aromatic rings. The second kappa shape index (κ2) is 5.86. The third-order valence-corrected chi connectivity index (χ3v) is 3.18. The fraction of sp³-hybridized carbons (Fsp3) is 0.417. The van der Waals surface area contributed by atoms with Gasteiger partial charge in [0.2, 0.25) is 5.91 Å². The molecule has 18 heavy (non-hydrogen) atoms. The van der Waals surface area contributed by atoms with Gasteiger partial charge >= 0.3 is 5.97 Å². The Labute approximate surface area is 110 Å². The van der Waals surface area contributed by atoms with Crippen LogP contribution in [0.3, 0.4) is 0 Å². The van der Waals surface area contributed by atoms with Crippen LogP contribution in [0, 0.1) is 0 Å². The zero-order chi connectivity index (χ0) is 13.8. The van der Waals surface area contributed by atoms with Crippen molar-refractivity contribution in [3.8, 4) is 0 Å². The quantitative estimate of drug-likeness (QED) is 0.875. The van der Waals surface area contributed by atoms with E-state index in [1.807, 2.05) is 20.8 Å². The Kier molecular flexibility index (Phi) is 4.72. The number of nitrogens with one attached hydrogen (secondary N) is 1. The number of rotatable bonds is 4. The van der Waals surface area contributed by atoms with E-state index in [4.69, 9.17) is 5.11 Å². The number of thioether (sulfide) groups is 1. The molecule has 0 aliphatic heterocycles. The number of aromatic nitrogens is 1. The largest absolute Gasteiger partial charge is 0.477 e. The smallest absolute Gasteiger partial charge is 0.354 e. The molecular weight excluding hydrogens is 252 g/mol. The van der Waals surface area contributed by atoms with Crippen molar-refractivity contribution in [1.82, 2.24) is 4.98 Å². The van der Waals surface area contributed by atoms with Crippen molar-refractivity contribution in [1.29, 1.82) is 0 Å². The van der Waals surface area contributed by atoms with Crippen molar-refractivity contribution in [3.63, 3.8) is 0 Å². The second-order valence-electron chi connectivity index (χ2n) is 4.69. The first-order valence-corrected chi connectivity index (χ1v) is 6.39. The summed E-state index contributed by atoms with van der Waals surface area (Å²) >= 11 is 1.54. The van der Waals surface area contributed by atoms with Gasteiger partial charge in [0.25, 0.3) is 0 Å². The van der Waals surface area contributed by atoms with Gasteiger partial charge in [0, 0.05) is 4.75 Å². The highest BCUT2D eigenvalue weighted by molar-refractivity contribution is 8.01. The first kappa shape index (κ1) is 14.5. The molecule has 0 saturated heterocycles. The molecule has 0 aromatic carbocycles. The summed E-state index contributed by atoms with van der Waals surface area (Å²) in [6.45, 7) is 6.11. The van der Waals surface area contributed by atoms with E-state index in [1.54, 1.807) is 11.8 Å². The lowest BCUT2D eigenvalue weighted by Crippen LogP contribution is -2.19. The summed E-state index contributed by atoms with van der Waals surface area (Å²) in [5, 5.41) is 11.3. The first-order valence-electron chi connectivity index (χ1n) is 5.41. The maximum absolute atomic E-state index is 11.6. The van der Waals surface area contributed by atoms with E-state index in [1.165, 1.54) is 18.3 Å². The Hall–Kier alpha value is -1.56. The monoisotopic (exact) mass is 268 g/mol. The highest BCUT2D eigenvalue weighted by atomic mass is 32.2. The molecule has 6 heteroatoms. The van der Waals surface area contributed by atoms with Crippen LogP contribution in [0.5, 0.6) is 0 Å². The Balaban J connectivity index is 2.52. The molecule has 1 heterocycles. The molecule has 0 spiro atoms. The lowest BCUT2D eigenvalue weighted by molar-refractivity contribution is -0.113. The number of amides is 1. The third kappa shape index (κ3) is 5.18. The van der Waals surface area contributed by atoms with E-state index in [9.17, 15) is 9.59 Å². The molecule has 0 bridgehead atoms. The molecule has 0 atom stereocenters. The zero-order valence-electron chi connectivity index (χ0n) is 10.6.